The highest BCUT2D eigenvalue weighted by atomic mass is 127. The minimum Gasteiger partial charge on any atom is -0.466 e. The SMILES string of the molecule is CCOC(=O)Cc1ncc(C(F)F)c(CN)c1I. The second-order valence-corrected chi connectivity index (χ2v) is 4.52. The van der Waals surface area contributed by atoms with Gasteiger partial charge in [-0.3, -0.25) is 9.78 Å². The largest absolute Gasteiger partial charge is 0.466 e. The van der Waals surface area contributed by atoms with Crippen molar-refractivity contribution in [1.29, 1.82) is 0 Å². The summed E-state index contributed by atoms with van der Waals surface area (Å²) in [6.45, 7) is 1.95. The lowest BCUT2D eigenvalue weighted by atomic mass is 10.1. The summed E-state index contributed by atoms with van der Waals surface area (Å²) in [5.74, 6) is -0.435. The van der Waals surface area contributed by atoms with E-state index >= 15 is 0 Å². The van der Waals surface area contributed by atoms with Crippen molar-refractivity contribution in [3.8, 4) is 0 Å². The van der Waals surface area contributed by atoms with Gasteiger partial charge in [0, 0.05) is 21.9 Å². The molecule has 0 atom stereocenters. The third-order valence-corrected chi connectivity index (χ3v) is 3.56. The molecule has 0 saturated heterocycles. The van der Waals surface area contributed by atoms with Crippen LogP contribution >= 0.6 is 22.6 Å². The zero-order valence-electron chi connectivity index (χ0n) is 9.75. The Bertz CT molecular complexity index is 441. The molecule has 18 heavy (non-hydrogen) atoms. The Hall–Kier alpha value is -0.830. The van der Waals surface area contributed by atoms with Gasteiger partial charge in [0.05, 0.1) is 18.7 Å². The number of pyridine rings is 1. The van der Waals surface area contributed by atoms with Gasteiger partial charge in [-0.1, -0.05) is 0 Å². The van der Waals surface area contributed by atoms with E-state index in [-0.39, 0.29) is 25.1 Å². The minimum atomic E-state index is -2.62. The molecule has 0 aliphatic carbocycles. The van der Waals surface area contributed by atoms with E-state index in [9.17, 15) is 13.6 Å². The lowest BCUT2D eigenvalue weighted by Crippen LogP contribution is -2.14. The Morgan fingerprint density at radius 3 is 2.78 bits per heavy atom. The van der Waals surface area contributed by atoms with Crippen LogP contribution in [0.5, 0.6) is 0 Å². The van der Waals surface area contributed by atoms with Crippen LogP contribution in [-0.4, -0.2) is 17.6 Å². The quantitative estimate of drug-likeness (QED) is 0.638. The van der Waals surface area contributed by atoms with E-state index in [1.807, 2.05) is 22.6 Å². The number of nitrogens with two attached hydrogens (primary N) is 1. The standard InChI is InChI=1S/C11H13F2IN2O2/c1-2-18-9(17)3-8-10(14)6(4-15)7(5-16-8)11(12)13/h5,11H,2-4,15H2,1H3. The predicted octanol–water partition coefficient (Wildman–Crippen LogP) is 2.19. The van der Waals surface area contributed by atoms with Crippen LogP contribution in [-0.2, 0) is 22.5 Å². The van der Waals surface area contributed by atoms with Crippen molar-refractivity contribution < 1.29 is 18.3 Å². The molecule has 4 nitrogen and oxygen atoms in total. The molecule has 100 valence electrons. The molecular weight excluding hydrogens is 357 g/mol. The van der Waals surface area contributed by atoms with Crippen molar-refractivity contribution in [3.63, 3.8) is 0 Å². The maximum atomic E-state index is 12.7. The molecule has 1 heterocycles. The molecule has 0 amide bonds. The number of rotatable bonds is 5. The Balaban J connectivity index is 3.05. The van der Waals surface area contributed by atoms with Gasteiger partial charge in [-0.15, -0.1) is 0 Å². The first-order valence-electron chi connectivity index (χ1n) is 5.31. The number of aromatic nitrogens is 1. The number of hydrogen-bond donors (Lipinski definition) is 1. The molecule has 1 aromatic heterocycles. The molecule has 0 aliphatic heterocycles. The molecule has 0 unspecified atom stereocenters. The highest BCUT2D eigenvalue weighted by Crippen LogP contribution is 2.27. The van der Waals surface area contributed by atoms with E-state index in [0.29, 0.717) is 14.8 Å². The van der Waals surface area contributed by atoms with E-state index in [0.717, 1.165) is 6.20 Å². The van der Waals surface area contributed by atoms with Crippen LogP contribution in [0.1, 0.15) is 30.2 Å². The third-order valence-electron chi connectivity index (χ3n) is 2.28. The zero-order chi connectivity index (χ0) is 13.7. The number of alkyl halides is 2. The fourth-order valence-electron chi connectivity index (χ4n) is 1.45. The molecule has 2 N–H and O–H groups in total. The average Bonchev–Trinajstić information content (AvgIpc) is 2.31. The molecule has 0 radical (unpaired) electrons. The summed E-state index contributed by atoms with van der Waals surface area (Å²) in [4.78, 5) is 15.2. The molecule has 0 aromatic carbocycles. The van der Waals surface area contributed by atoms with Crippen LogP contribution in [0.2, 0.25) is 0 Å². The van der Waals surface area contributed by atoms with Crippen molar-refractivity contribution in [2.75, 3.05) is 6.61 Å². The van der Waals surface area contributed by atoms with Crippen molar-refractivity contribution in [2.45, 2.75) is 26.3 Å². The van der Waals surface area contributed by atoms with Gasteiger partial charge in [0.15, 0.2) is 0 Å². The van der Waals surface area contributed by atoms with Gasteiger partial charge in [0.1, 0.15) is 0 Å². The van der Waals surface area contributed by atoms with Crippen LogP contribution in [0.4, 0.5) is 8.78 Å². The summed E-state index contributed by atoms with van der Waals surface area (Å²) in [7, 11) is 0. The average molecular weight is 370 g/mol. The van der Waals surface area contributed by atoms with E-state index < -0.39 is 12.4 Å². The summed E-state index contributed by atoms with van der Waals surface area (Å²) in [5.41, 5.74) is 6.03. The van der Waals surface area contributed by atoms with Crippen LogP contribution in [0.25, 0.3) is 0 Å². The van der Waals surface area contributed by atoms with Gasteiger partial charge < -0.3 is 10.5 Å². The maximum Gasteiger partial charge on any atom is 0.311 e. The fraction of sp³-hybridized carbons (Fsp3) is 0.455. The number of nitrogens with zero attached hydrogens (tertiary/aromatic N) is 1. The molecule has 7 heteroatoms. The van der Waals surface area contributed by atoms with Crippen LogP contribution < -0.4 is 5.73 Å². The normalized spacial score (nSPS) is 10.8. The summed E-state index contributed by atoms with van der Waals surface area (Å²) in [5, 5.41) is 0. The summed E-state index contributed by atoms with van der Waals surface area (Å²) >= 11 is 1.88. The fourth-order valence-corrected chi connectivity index (χ4v) is 2.31. The number of carbonyl (C=O) groups is 1. The van der Waals surface area contributed by atoms with Crippen LogP contribution in [0, 0.1) is 3.57 Å². The molecule has 0 fully saturated rings. The van der Waals surface area contributed by atoms with Crippen molar-refractivity contribution >= 4 is 28.6 Å². The second kappa shape index (κ2) is 6.93. The van der Waals surface area contributed by atoms with Crippen molar-refractivity contribution in [1.82, 2.24) is 4.98 Å². The maximum absolute atomic E-state index is 12.7. The van der Waals surface area contributed by atoms with E-state index in [1.165, 1.54) is 0 Å². The first-order chi connectivity index (χ1) is 8.51. The van der Waals surface area contributed by atoms with Gasteiger partial charge >= 0.3 is 5.97 Å². The van der Waals surface area contributed by atoms with Crippen molar-refractivity contribution in [2.24, 2.45) is 5.73 Å². The van der Waals surface area contributed by atoms with E-state index in [4.69, 9.17) is 10.5 Å². The molecule has 0 spiro atoms. The minimum absolute atomic E-state index is 0.0176. The van der Waals surface area contributed by atoms with Gasteiger partial charge in [-0.25, -0.2) is 8.78 Å². The Morgan fingerprint density at radius 2 is 2.28 bits per heavy atom. The van der Waals surface area contributed by atoms with Crippen LogP contribution in [0.3, 0.4) is 0 Å². The monoisotopic (exact) mass is 370 g/mol. The lowest BCUT2D eigenvalue weighted by Gasteiger charge is -2.12. The Labute approximate surface area is 117 Å². The van der Waals surface area contributed by atoms with E-state index in [2.05, 4.69) is 4.98 Å². The first kappa shape index (κ1) is 15.2. The smallest absolute Gasteiger partial charge is 0.311 e. The Morgan fingerprint density at radius 1 is 1.61 bits per heavy atom. The number of esters is 1. The topological polar surface area (TPSA) is 65.2 Å². The molecule has 0 bridgehead atoms. The molecule has 0 saturated carbocycles. The predicted molar refractivity (Wildman–Crippen MR) is 70.1 cm³/mol. The summed E-state index contributed by atoms with van der Waals surface area (Å²) in [6.07, 6.45) is -1.59. The van der Waals surface area contributed by atoms with Gasteiger partial charge in [-0.2, -0.15) is 0 Å². The van der Waals surface area contributed by atoms with Gasteiger partial charge in [0.25, 0.3) is 6.43 Å². The van der Waals surface area contributed by atoms with E-state index in [1.54, 1.807) is 6.92 Å². The number of hydrogen-bond acceptors (Lipinski definition) is 4. The second-order valence-electron chi connectivity index (χ2n) is 3.44. The van der Waals surface area contributed by atoms with Crippen LogP contribution in [0.15, 0.2) is 6.20 Å². The first-order valence-corrected chi connectivity index (χ1v) is 6.39. The third kappa shape index (κ3) is 3.58. The molecule has 1 aromatic rings. The number of carbonyl (C=O) groups excluding carboxylic acids is 1. The highest BCUT2D eigenvalue weighted by molar-refractivity contribution is 14.1. The molecular formula is C11H13F2IN2O2. The number of halogens is 3. The summed E-state index contributed by atoms with van der Waals surface area (Å²) < 4.78 is 30.7. The summed E-state index contributed by atoms with van der Waals surface area (Å²) in [6, 6.07) is 0. The highest BCUT2D eigenvalue weighted by Gasteiger charge is 2.19. The number of ether oxygens (including phenoxy) is 1. The zero-order valence-corrected chi connectivity index (χ0v) is 11.9. The van der Waals surface area contributed by atoms with Crippen molar-refractivity contribution in [3.05, 3.63) is 26.6 Å². The molecule has 0 aliphatic rings. The van der Waals surface area contributed by atoms with Gasteiger partial charge in [0.2, 0.25) is 0 Å². The molecule has 1 rings (SSSR count). The lowest BCUT2D eigenvalue weighted by molar-refractivity contribution is -0.142. The van der Waals surface area contributed by atoms with Gasteiger partial charge in [-0.05, 0) is 35.1 Å². The Kier molecular flexibility index (Phi) is 5.86.